The zero-order valence-electron chi connectivity index (χ0n) is 13.6. The molecule has 5 nitrogen and oxygen atoms in total. The molecule has 1 unspecified atom stereocenters. The third-order valence-electron chi connectivity index (χ3n) is 4.60. The van der Waals surface area contributed by atoms with E-state index in [-0.39, 0.29) is 18.4 Å². The zero-order valence-corrected chi connectivity index (χ0v) is 14.4. The van der Waals surface area contributed by atoms with E-state index in [2.05, 4.69) is 10.5 Å². The number of rotatable bonds is 3. The van der Waals surface area contributed by atoms with Gasteiger partial charge in [0.1, 0.15) is 5.69 Å². The number of fused-ring (bicyclic) bond motifs is 1. The molecular weight excluding hydrogens is 338 g/mol. The van der Waals surface area contributed by atoms with Gasteiger partial charge in [0.25, 0.3) is 0 Å². The monoisotopic (exact) mass is 355 g/mol. The van der Waals surface area contributed by atoms with Crippen molar-refractivity contribution in [3.05, 3.63) is 64.8 Å². The first-order chi connectivity index (χ1) is 12.2. The number of nitrogens with one attached hydrogen (secondary N) is 1. The fourth-order valence-corrected chi connectivity index (χ4v) is 3.60. The van der Waals surface area contributed by atoms with Crippen LogP contribution in [0.15, 0.2) is 53.1 Å². The van der Waals surface area contributed by atoms with Crippen LogP contribution in [-0.2, 0) is 11.2 Å². The van der Waals surface area contributed by atoms with Crippen molar-refractivity contribution in [1.29, 1.82) is 0 Å². The molecule has 25 heavy (non-hydrogen) atoms. The Morgan fingerprint density at radius 2 is 2.04 bits per heavy atom. The average molecular weight is 356 g/mol. The van der Waals surface area contributed by atoms with E-state index in [0.717, 1.165) is 17.5 Å². The van der Waals surface area contributed by atoms with E-state index in [4.69, 9.17) is 16.1 Å². The second-order valence-corrected chi connectivity index (χ2v) is 6.54. The van der Waals surface area contributed by atoms with E-state index in [1.54, 1.807) is 0 Å². The minimum Gasteiger partial charge on any atom is -0.356 e. The van der Waals surface area contributed by atoms with Gasteiger partial charge in [0.15, 0.2) is 5.58 Å². The fourth-order valence-electron chi connectivity index (χ4n) is 3.34. The maximum atomic E-state index is 13.0. The molecule has 4 rings (SSSR count). The van der Waals surface area contributed by atoms with Crippen LogP contribution in [0.3, 0.4) is 0 Å². The molecule has 6 heteroatoms. The van der Waals surface area contributed by atoms with Crippen molar-refractivity contribution in [2.75, 3.05) is 19.6 Å². The van der Waals surface area contributed by atoms with Gasteiger partial charge in [-0.15, -0.1) is 0 Å². The number of carbonyl (C=O) groups is 1. The molecule has 1 aromatic heterocycles. The van der Waals surface area contributed by atoms with E-state index in [9.17, 15) is 4.79 Å². The molecule has 1 amide bonds. The SMILES string of the molecule is O=C(Cc1noc2ccccc12)N1CCNCC1c1ccccc1Cl. The van der Waals surface area contributed by atoms with Crippen LogP contribution in [-0.4, -0.2) is 35.6 Å². The Morgan fingerprint density at radius 3 is 2.92 bits per heavy atom. The summed E-state index contributed by atoms with van der Waals surface area (Å²) in [5.74, 6) is 0.0328. The second kappa shape index (κ2) is 6.86. The van der Waals surface area contributed by atoms with Gasteiger partial charge >= 0.3 is 0 Å². The average Bonchev–Trinajstić information content (AvgIpc) is 3.05. The van der Waals surface area contributed by atoms with Gasteiger partial charge in [-0.1, -0.05) is 47.1 Å². The lowest BCUT2D eigenvalue weighted by molar-refractivity contribution is -0.133. The van der Waals surface area contributed by atoms with Crippen LogP contribution in [0.25, 0.3) is 11.0 Å². The predicted octanol–water partition coefficient (Wildman–Crippen LogP) is 3.20. The van der Waals surface area contributed by atoms with Gasteiger partial charge in [-0.25, -0.2) is 0 Å². The molecular formula is C19H18ClN3O2. The Kier molecular flexibility index (Phi) is 4.42. The van der Waals surface area contributed by atoms with E-state index in [0.29, 0.717) is 29.4 Å². The molecule has 128 valence electrons. The Balaban J connectivity index is 1.60. The maximum Gasteiger partial charge on any atom is 0.229 e. The lowest BCUT2D eigenvalue weighted by atomic mass is 10.0. The molecule has 0 saturated carbocycles. The summed E-state index contributed by atoms with van der Waals surface area (Å²) in [7, 11) is 0. The number of para-hydroxylation sites is 1. The van der Waals surface area contributed by atoms with Gasteiger partial charge in [0.05, 0.1) is 12.5 Å². The highest BCUT2D eigenvalue weighted by atomic mass is 35.5. The molecule has 0 radical (unpaired) electrons. The highest BCUT2D eigenvalue weighted by molar-refractivity contribution is 6.31. The molecule has 3 aromatic rings. The van der Waals surface area contributed by atoms with Crippen molar-refractivity contribution >= 4 is 28.5 Å². The predicted molar refractivity (Wildman–Crippen MR) is 96.5 cm³/mol. The Morgan fingerprint density at radius 1 is 1.24 bits per heavy atom. The first kappa shape index (κ1) is 16.1. The van der Waals surface area contributed by atoms with E-state index < -0.39 is 0 Å². The van der Waals surface area contributed by atoms with Gasteiger partial charge in [0, 0.05) is 30.0 Å². The number of nitrogens with zero attached hydrogens (tertiary/aromatic N) is 2. The van der Waals surface area contributed by atoms with Crippen molar-refractivity contribution < 1.29 is 9.32 Å². The van der Waals surface area contributed by atoms with Gasteiger partial charge < -0.3 is 14.7 Å². The summed E-state index contributed by atoms with van der Waals surface area (Å²) in [4.78, 5) is 14.9. The molecule has 0 spiro atoms. The van der Waals surface area contributed by atoms with Crippen LogP contribution >= 0.6 is 11.6 Å². The van der Waals surface area contributed by atoms with Crippen LogP contribution < -0.4 is 5.32 Å². The molecule has 1 fully saturated rings. The lowest BCUT2D eigenvalue weighted by Gasteiger charge is -2.37. The normalized spacial score (nSPS) is 17.8. The van der Waals surface area contributed by atoms with E-state index in [1.165, 1.54) is 0 Å². The molecule has 1 aliphatic heterocycles. The number of hydrogen-bond donors (Lipinski definition) is 1. The largest absolute Gasteiger partial charge is 0.356 e. The molecule has 2 aromatic carbocycles. The van der Waals surface area contributed by atoms with Gasteiger partial charge in [0.2, 0.25) is 5.91 Å². The van der Waals surface area contributed by atoms with Crippen molar-refractivity contribution in [3.8, 4) is 0 Å². The number of benzene rings is 2. The topological polar surface area (TPSA) is 58.4 Å². The lowest BCUT2D eigenvalue weighted by Crippen LogP contribution is -2.49. The first-order valence-electron chi connectivity index (χ1n) is 8.32. The summed E-state index contributed by atoms with van der Waals surface area (Å²) in [5.41, 5.74) is 2.35. The van der Waals surface area contributed by atoms with Gasteiger partial charge in [-0.3, -0.25) is 4.79 Å². The molecule has 1 aliphatic rings. The number of carbonyl (C=O) groups excluding carboxylic acids is 1. The van der Waals surface area contributed by atoms with Crippen molar-refractivity contribution in [1.82, 2.24) is 15.4 Å². The summed E-state index contributed by atoms with van der Waals surface area (Å²) in [6, 6.07) is 15.2. The number of halogens is 1. The Labute approximate surface area is 150 Å². The third-order valence-corrected chi connectivity index (χ3v) is 4.94. The number of piperazine rings is 1. The van der Waals surface area contributed by atoms with Crippen molar-refractivity contribution in [2.24, 2.45) is 0 Å². The first-order valence-corrected chi connectivity index (χ1v) is 8.70. The molecule has 0 aliphatic carbocycles. The number of aromatic nitrogens is 1. The molecule has 2 heterocycles. The van der Waals surface area contributed by atoms with E-state index in [1.807, 2.05) is 53.4 Å². The van der Waals surface area contributed by atoms with E-state index >= 15 is 0 Å². The van der Waals surface area contributed by atoms with Crippen LogP contribution in [0.2, 0.25) is 5.02 Å². The van der Waals surface area contributed by atoms with Gasteiger partial charge in [-0.2, -0.15) is 0 Å². The number of hydrogen-bond acceptors (Lipinski definition) is 4. The second-order valence-electron chi connectivity index (χ2n) is 6.13. The summed E-state index contributed by atoms with van der Waals surface area (Å²) >= 11 is 6.36. The summed E-state index contributed by atoms with van der Waals surface area (Å²) in [6.07, 6.45) is 0.220. The highest BCUT2D eigenvalue weighted by Crippen LogP contribution is 2.29. The van der Waals surface area contributed by atoms with Gasteiger partial charge in [-0.05, 0) is 23.8 Å². The van der Waals surface area contributed by atoms with Crippen LogP contribution in [0.5, 0.6) is 0 Å². The molecule has 1 N–H and O–H groups in total. The minimum absolute atomic E-state index is 0.0328. The molecule has 1 saturated heterocycles. The van der Waals surface area contributed by atoms with Crippen LogP contribution in [0, 0.1) is 0 Å². The minimum atomic E-state index is -0.0758. The van der Waals surface area contributed by atoms with Crippen molar-refractivity contribution in [2.45, 2.75) is 12.5 Å². The molecule has 1 atom stereocenters. The molecule has 0 bridgehead atoms. The Bertz CT molecular complexity index is 908. The summed E-state index contributed by atoms with van der Waals surface area (Å²) in [6.45, 7) is 2.10. The van der Waals surface area contributed by atoms with Crippen LogP contribution in [0.1, 0.15) is 17.3 Å². The number of amides is 1. The zero-order chi connectivity index (χ0) is 17.2. The fraction of sp³-hybridized carbons (Fsp3) is 0.263. The smallest absolute Gasteiger partial charge is 0.229 e. The highest BCUT2D eigenvalue weighted by Gasteiger charge is 2.29. The van der Waals surface area contributed by atoms with Crippen LogP contribution in [0.4, 0.5) is 0 Å². The maximum absolute atomic E-state index is 13.0. The summed E-state index contributed by atoms with van der Waals surface area (Å²) in [5, 5.41) is 9.00. The van der Waals surface area contributed by atoms with Crippen molar-refractivity contribution in [3.63, 3.8) is 0 Å². The quantitative estimate of drug-likeness (QED) is 0.783. The summed E-state index contributed by atoms with van der Waals surface area (Å²) < 4.78 is 5.31. The Hall–Kier alpha value is -2.37. The standard InChI is InChI=1S/C19H18ClN3O2/c20-15-7-3-1-5-13(15)17-12-21-9-10-23(17)19(24)11-16-14-6-2-4-8-18(14)25-22-16/h1-8,17,21H,9-12H2. The third kappa shape index (κ3) is 3.13.